The van der Waals surface area contributed by atoms with Gasteiger partial charge in [-0.05, 0) is 37.6 Å². The van der Waals surface area contributed by atoms with Crippen LogP contribution in [0.4, 0.5) is 13.2 Å². The number of aromatic nitrogens is 1. The molecule has 0 aliphatic rings. The van der Waals surface area contributed by atoms with Gasteiger partial charge in [0.05, 0.1) is 34.7 Å². The highest BCUT2D eigenvalue weighted by atomic mass is 32.2. The van der Waals surface area contributed by atoms with Gasteiger partial charge in [-0.15, -0.1) is 0 Å². The van der Waals surface area contributed by atoms with Crippen molar-refractivity contribution in [2.45, 2.75) is 31.8 Å². The maximum Gasteiger partial charge on any atom is 0.416 e. The van der Waals surface area contributed by atoms with E-state index in [9.17, 15) is 31.5 Å². The zero-order valence-electron chi connectivity index (χ0n) is 17.4. The highest BCUT2D eigenvalue weighted by Gasteiger charge is 2.31. The molecule has 2 aromatic carbocycles. The van der Waals surface area contributed by atoms with Gasteiger partial charge in [-0.3, -0.25) is 0 Å². The van der Waals surface area contributed by atoms with Crippen LogP contribution in [-0.2, 0) is 16.0 Å². The van der Waals surface area contributed by atoms with Crippen molar-refractivity contribution in [3.63, 3.8) is 0 Å². The summed E-state index contributed by atoms with van der Waals surface area (Å²) < 4.78 is 70.2. The smallest absolute Gasteiger partial charge is 0.416 e. The summed E-state index contributed by atoms with van der Waals surface area (Å²) >= 11 is 0. The highest BCUT2D eigenvalue weighted by Crippen LogP contribution is 2.37. The molecule has 10 heteroatoms. The average molecular weight is 467 g/mol. The molecule has 1 heterocycles. The molecule has 170 valence electrons. The second kappa shape index (κ2) is 8.42. The van der Waals surface area contributed by atoms with E-state index in [1.807, 2.05) is 0 Å². The van der Waals surface area contributed by atoms with Crippen molar-refractivity contribution in [3.05, 3.63) is 53.1 Å². The van der Waals surface area contributed by atoms with Crippen LogP contribution >= 0.6 is 0 Å². The van der Waals surface area contributed by atoms with Gasteiger partial charge in [0.25, 0.3) is 0 Å². The number of alkyl halides is 3. The molecule has 6 nitrogen and oxygen atoms in total. The van der Waals surface area contributed by atoms with Crippen molar-refractivity contribution in [3.8, 4) is 17.0 Å². The Hall–Kier alpha value is -3.14. The number of carboxylic acid groups (broad SMARTS) is 1. The van der Waals surface area contributed by atoms with E-state index in [1.165, 1.54) is 38.1 Å². The molecule has 3 aromatic rings. The minimum atomic E-state index is -4.58. The molecule has 0 unspecified atom stereocenters. The van der Waals surface area contributed by atoms with Gasteiger partial charge in [-0.1, -0.05) is 19.1 Å². The summed E-state index contributed by atoms with van der Waals surface area (Å²) in [7, 11) is -3.75. The molecule has 0 bridgehead atoms. The van der Waals surface area contributed by atoms with Crippen LogP contribution in [0.15, 0.2) is 41.3 Å². The van der Waals surface area contributed by atoms with Crippen molar-refractivity contribution in [1.29, 1.82) is 0 Å². The van der Waals surface area contributed by atoms with Gasteiger partial charge < -0.3 is 9.84 Å². The molecule has 0 radical (unpaired) electrons. The topological polar surface area (TPSA) is 93.6 Å². The molecule has 32 heavy (non-hydrogen) atoms. The van der Waals surface area contributed by atoms with Crippen LogP contribution in [0, 0.1) is 6.92 Å². The van der Waals surface area contributed by atoms with Gasteiger partial charge in [0.1, 0.15) is 10.6 Å². The van der Waals surface area contributed by atoms with Gasteiger partial charge in [-0.25, -0.2) is 18.2 Å². The first-order chi connectivity index (χ1) is 14.9. The Labute approximate surface area is 182 Å². The summed E-state index contributed by atoms with van der Waals surface area (Å²) in [4.78, 5) is 16.3. The number of carbonyl (C=O) groups is 1. The van der Waals surface area contributed by atoms with E-state index in [0.717, 1.165) is 12.1 Å². The number of hydrogen-bond acceptors (Lipinski definition) is 5. The maximum atomic E-state index is 13.2. The number of aromatic carboxylic acids is 1. The summed E-state index contributed by atoms with van der Waals surface area (Å²) in [5.41, 5.74) is -0.780. The molecular weight excluding hydrogens is 447 g/mol. The predicted molar refractivity (Wildman–Crippen MR) is 113 cm³/mol. The molecule has 0 saturated carbocycles. The molecule has 0 aliphatic heterocycles. The van der Waals surface area contributed by atoms with Crippen molar-refractivity contribution >= 4 is 26.7 Å². The Balaban J connectivity index is 2.41. The number of nitrogens with zero attached hydrogens (tertiary/aromatic N) is 1. The van der Waals surface area contributed by atoms with Crippen molar-refractivity contribution in [1.82, 2.24) is 4.98 Å². The standard InChI is InChI=1S/C22H20F3NO5S/c1-4-31-17-11-16-15(10-18(17)32(29,30)5-2)19(21(27)28)12(3)20(26-16)13-7-6-8-14(9-13)22(23,24)25/h6-11H,4-5H2,1-3H3,(H,27,28). The minimum Gasteiger partial charge on any atom is -0.492 e. The first kappa shape index (κ1) is 23.5. The van der Waals surface area contributed by atoms with Crippen LogP contribution in [-0.4, -0.2) is 36.8 Å². The SMILES string of the molecule is CCOc1cc2nc(-c3cccc(C(F)(F)F)c3)c(C)c(C(=O)O)c2cc1S(=O)(=O)CC. The summed E-state index contributed by atoms with van der Waals surface area (Å²) in [5, 5.41) is 9.91. The lowest BCUT2D eigenvalue weighted by Crippen LogP contribution is -2.10. The zero-order chi connectivity index (χ0) is 23.8. The second-order valence-electron chi connectivity index (χ2n) is 7.00. The Morgan fingerprint density at radius 2 is 1.84 bits per heavy atom. The van der Waals surface area contributed by atoms with Crippen molar-refractivity contribution < 1.29 is 36.2 Å². The Bertz CT molecular complexity index is 1320. The Morgan fingerprint density at radius 1 is 1.16 bits per heavy atom. The Kier molecular flexibility index (Phi) is 6.19. The van der Waals surface area contributed by atoms with Crippen LogP contribution in [0.3, 0.4) is 0 Å². The van der Waals surface area contributed by atoms with E-state index < -0.39 is 27.5 Å². The third-order valence-corrected chi connectivity index (χ3v) is 6.74. The van der Waals surface area contributed by atoms with E-state index in [4.69, 9.17) is 4.74 Å². The molecule has 1 N–H and O–H groups in total. The first-order valence-corrected chi connectivity index (χ1v) is 11.3. The van der Waals surface area contributed by atoms with Crippen LogP contribution in [0.5, 0.6) is 5.75 Å². The fraction of sp³-hybridized carbons (Fsp3) is 0.273. The molecule has 0 aliphatic carbocycles. The summed E-state index contributed by atoms with van der Waals surface area (Å²) in [6.45, 7) is 4.69. The second-order valence-corrected chi connectivity index (χ2v) is 9.24. The molecule has 0 saturated heterocycles. The molecule has 0 amide bonds. The first-order valence-electron chi connectivity index (χ1n) is 9.65. The molecule has 0 fully saturated rings. The monoisotopic (exact) mass is 467 g/mol. The third kappa shape index (κ3) is 4.27. The number of halogens is 3. The molecule has 3 rings (SSSR count). The summed E-state index contributed by atoms with van der Waals surface area (Å²) in [6, 6.07) is 6.94. The molecule has 0 spiro atoms. The number of benzene rings is 2. The number of pyridine rings is 1. The van der Waals surface area contributed by atoms with Crippen LogP contribution < -0.4 is 4.74 Å². The van der Waals surface area contributed by atoms with Gasteiger partial charge in [0.2, 0.25) is 0 Å². The van der Waals surface area contributed by atoms with Gasteiger partial charge in [0, 0.05) is 17.0 Å². The highest BCUT2D eigenvalue weighted by molar-refractivity contribution is 7.91. The molecule has 1 aromatic heterocycles. The predicted octanol–water partition coefficient (Wildman–Crippen LogP) is 5.12. The molecule has 0 atom stereocenters. The van der Waals surface area contributed by atoms with Crippen LogP contribution in [0.2, 0.25) is 0 Å². The van der Waals surface area contributed by atoms with Gasteiger partial charge >= 0.3 is 12.1 Å². The van der Waals surface area contributed by atoms with E-state index in [-0.39, 0.29) is 56.3 Å². The number of carboxylic acids is 1. The number of ether oxygens (including phenoxy) is 1. The van der Waals surface area contributed by atoms with E-state index >= 15 is 0 Å². The van der Waals surface area contributed by atoms with Crippen molar-refractivity contribution in [2.24, 2.45) is 0 Å². The van der Waals surface area contributed by atoms with E-state index in [1.54, 1.807) is 6.92 Å². The van der Waals surface area contributed by atoms with E-state index in [0.29, 0.717) is 0 Å². The van der Waals surface area contributed by atoms with Gasteiger partial charge in [-0.2, -0.15) is 13.2 Å². The fourth-order valence-electron chi connectivity index (χ4n) is 3.43. The fourth-order valence-corrected chi connectivity index (χ4v) is 4.47. The Morgan fingerprint density at radius 3 is 2.41 bits per heavy atom. The summed E-state index contributed by atoms with van der Waals surface area (Å²) in [5.74, 6) is -1.58. The van der Waals surface area contributed by atoms with E-state index in [2.05, 4.69) is 4.98 Å². The normalized spacial score (nSPS) is 12.2. The molecular formula is C22H20F3NO5S. The number of sulfone groups is 1. The summed E-state index contributed by atoms with van der Waals surface area (Å²) in [6.07, 6.45) is -4.58. The van der Waals surface area contributed by atoms with Crippen molar-refractivity contribution in [2.75, 3.05) is 12.4 Å². The number of fused-ring (bicyclic) bond motifs is 1. The van der Waals surface area contributed by atoms with Crippen LogP contribution in [0.1, 0.15) is 35.3 Å². The average Bonchev–Trinajstić information content (AvgIpc) is 2.72. The minimum absolute atomic E-state index is 0.00420. The van der Waals surface area contributed by atoms with Crippen LogP contribution in [0.25, 0.3) is 22.2 Å². The quantitative estimate of drug-likeness (QED) is 0.541. The maximum absolute atomic E-state index is 13.2. The lowest BCUT2D eigenvalue weighted by Gasteiger charge is -2.16. The zero-order valence-corrected chi connectivity index (χ0v) is 18.3. The lowest BCUT2D eigenvalue weighted by atomic mass is 9.96. The largest absolute Gasteiger partial charge is 0.492 e. The lowest BCUT2D eigenvalue weighted by molar-refractivity contribution is -0.137. The third-order valence-electron chi connectivity index (χ3n) is 4.99. The van der Waals surface area contributed by atoms with Gasteiger partial charge in [0.15, 0.2) is 9.84 Å². The number of hydrogen-bond donors (Lipinski definition) is 1. The number of rotatable bonds is 6.